The van der Waals surface area contributed by atoms with Crippen molar-refractivity contribution in [3.05, 3.63) is 98.6 Å². The van der Waals surface area contributed by atoms with E-state index in [0.717, 1.165) is 6.07 Å². The fraction of sp³-hybridized carbons (Fsp3) is 0. The second kappa shape index (κ2) is 6.68. The minimum absolute atomic E-state index is 0.0432. The predicted octanol–water partition coefficient (Wildman–Crippen LogP) is 3.20. The fourth-order valence-electron chi connectivity index (χ4n) is 3.33. The van der Waals surface area contributed by atoms with Gasteiger partial charge in [0.15, 0.2) is 11.6 Å². The van der Waals surface area contributed by atoms with Gasteiger partial charge < -0.3 is 11.1 Å². The van der Waals surface area contributed by atoms with E-state index in [2.05, 4.69) is 5.32 Å². The molecule has 0 fully saturated rings. The number of nitrogen functional groups attached to an aromatic ring is 1. The van der Waals surface area contributed by atoms with Crippen LogP contribution in [0, 0.1) is 10.1 Å². The number of hydrogen-bond donors (Lipinski definition) is 2. The number of carbonyl (C=O) groups is 3. The second-order valence-electron chi connectivity index (χ2n) is 6.42. The summed E-state index contributed by atoms with van der Waals surface area (Å²) in [6.07, 6.45) is 0. The van der Waals surface area contributed by atoms with E-state index >= 15 is 0 Å². The number of nitrogens with zero attached hydrogens (tertiary/aromatic N) is 1. The lowest BCUT2D eigenvalue weighted by Gasteiger charge is -2.21. The summed E-state index contributed by atoms with van der Waals surface area (Å²) >= 11 is 0. The number of hydrogen-bond acceptors (Lipinski definition) is 6. The summed E-state index contributed by atoms with van der Waals surface area (Å²) in [5.41, 5.74) is 6.54. The van der Waals surface area contributed by atoms with Crippen LogP contribution < -0.4 is 11.1 Å². The zero-order valence-electron chi connectivity index (χ0n) is 14.8. The number of nitro groups is 1. The average molecular weight is 387 g/mol. The van der Waals surface area contributed by atoms with E-state index in [0.29, 0.717) is 0 Å². The number of ketones is 2. The van der Waals surface area contributed by atoms with Crippen molar-refractivity contribution in [1.29, 1.82) is 0 Å². The van der Waals surface area contributed by atoms with E-state index in [-0.39, 0.29) is 50.7 Å². The Morgan fingerprint density at radius 3 is 2.28 bits per heavy atom. The standard InChI is InChI=1S/C21H13N3O5/c22-15-8-2-6-13-17(15)20(26)18-14(19(13)25)7-3-9-16(18)23-21(27)11-4-1-5-12(10-11)24(28)29/h1-10H,22H2,(H,23,27). The van der Waals surface area contributed by atoms with Gasteiger partial charge in [0.05, 0.1) is 21.7 Å². The molecule has 0 bridgehead atoms. The number of anilines is 2. The molecule has 1 aliphatic carbocycles. The van der Waals surface area contributed by atoms with E-state index in [9.17, 15) is 24.5 Å². The van der Waals surface area contributed by atoms with Crippen LogP contribution in [0.2, 0.25) is 0 Å². The fourth-order valence-corrected chi connectivity index (χ4v) is 3.33. The molecule has 0 atom stereocenters. The Morgan fingerprint density at radius 1 is 0.897 bits per heavy atom. The normalized spacial score (nSPS) is 12.1. The first-order chi connectivity index (χ1) is 13.9. The quantitative estimate of drug-likeness (QED) is 0.315. The molecule has 0 aliphatic heterocycles. The second-order valence-corrected chi connectivity index (χ2v) is 6.42. The molecule has 1 amide bonds. The van der Waals surface area contributed by atoms with Gasteiger partial charge in [-0.3, -0.25) is 24.5 Å². The van der Waals surface area contributed by atoms with Crippen molar-refractivity contribution in [1.82, 2.24) is 0 Å². The molecule has 3 N–H and O–H groups in total. The summed E-state index contributed by atoms with van der Waals surface area (Å²) in [6, 6.07) is 14.4. The van der Waals surface area contributed by atoms with E-state index in [1.54, 1.807) is 12.1 Å². The number of nitrogens with one attached hydrogen (secondary N) is 1. The Balaban J connectivity index is 1.77. The van der Waals surface area contributed by atoms with Gasteiger partial charge in [0, 0.05) is 34.5 Å². The van der Waals surface area contributed by atoms with Crippen molar-refractivity contribution in [3.63, 3.8) is 0 Å². The van der Waals surface area contributed by atoms with Gasteiger partial charge in [-0.25, -0.2) is 0 Å². The maximum atomic E-state index is 13.1. The Bertz CT molecular complexity index is 1230. The Kier molecular flexibility index (Phi) is 4.16. The van der Waals surface area contributed by atoms with E-state index < -0.39 is 16.6 Å². The minimum Gasteiger partial charge on any atom is -0.398 e. The summed E-state index contributed by atoms with van der Waals surface area (Å²) in [6.45, 7) is 0. The molecule has 8 heteroatoms. The maximum Gasteiger partial charge on any atom is 0.270 e. The summed E-state index contributed by atoms with van der Waals surface area (Å²) in [5.74, 6) is -1.48. The van der Waals surface area contributed by atoms with Gasteiger partial charge in [0.1, 0.15) is 0 Å². The summed E-state index contributed by atoms with van der Waals surface area (Å²) in [7, 11) is 0. The first kappa shape index (κ1) is 18.1. The molecule has 0 aromatic heterocycles. The zero-order chi connectivity index (χ0) is 20.7. The molecule has 0 heterocycles. The highest BCUT2D eigenvalue weighted by atomic mass is 16.6. The third kappa shape index (κ3) is 2.92. The minimum atomic E-state index is -0.644. The van der Waals surface area contributed by atoms with Gasteiger partial charge >= 0.3 is 0 Å². The topological polar surface area (TPSA) is 132 Å². The molecule has 0 saturated carbocycles. The van der Waals surface area contributed by atoms with Crippen LogP contribution in [0.25, 0.3) is 0 Å². The highest BCUT2D eigenvalue weighted by Crippen LogP contribution is 2.34. The van der Waals surface area contributed by atoms with E-state index in [1.165, 1.54) is 42.5 Å². The number of carbonyl (C=O) groups excluding carboxylic acids is 3. The van der Waals surface area contributed by atoms with Gasteiger partial charge in [0.2, 0.25) is 0 Å². The van der Waals surface area contributed by atoms with Crippen molar-refractivity contribution in [2.45, 2.75) is 0 Å². The summed E-state index contributed by atoms with van der Waals surface area (Å²) in [5, 5.41) is 13.5. The van der Waals surface area contributed by atoms with Gasteiger partial charge in [-0.1, -0.05) is 30.3 Å². The summed E-state index contributed by atoms with van der Waals surface area (Å²) in [4.78, 5) is 48.9. The van der Waals surface area contributed by atoms with Crippen molar-refractivity contribution < 1.29 is 19.3 Å². The van der Waals surface area contributed by atoms with Crippen LogP contribution in [-0.2, 0) is 0 Å². The maximum absolute atomic E-state index is 13.1. The molecular formula is C21H13N3O5. The van der Waals surface area contributed by atoms with Gasteiger partial charge in [-0.05, 0) is 18.2 Å². The van der Waals surface area contributed by atoms with Crippen LogP contribution in [0.4, 0.5) is 17.1 Å². The lowest BCUT2D eigenvalue weighted by Crippen LogP contribution is -2.25. The smallest absolute Gasteiger partial charge is 0.270 e. The number of nitrogens with two attached hydrogens (primary N) is 1. The van der Waals surface area contributed by atoms with Crippen molar-refractivity contribution in [2.24, 2.45) is 0 Å². The van der Waals surface area contributed by atoms with E-state index in [4.69, 9.17) is 5.73 Å². The molecular weight excluding hydrogens is 374 g/mol. The monoisotopic (exact) mass is 387 g/mol. The molecule has 142 valence electrons. The van der Waals surface area contributed by atoms with Gasteiger partial charge in [-0.15, -0.1) is 0 Å². The molecule has 4 rings (SSSR count). The molecule has 1 aliphatic rings. The number of non-ortho nitro benzene ring substituents is 1. The number of fused-ring (bicyclic) bond motifs is 2. The molecule has 8 nitrogen and oxygen atoms in total. The number of amides is 1. The third-order valence-corrected chi connectivity index (χ3v) is 4.67. The molecule has 3 aromatic carbocycles. The summed E-state index contributed by atoms with van der Waals surface area (Å²) < 4.78 is 0. The number of rotatable bonds is 3. The van der Waals surface area contributed by atoms with Crippen molar-refractivity contribution in [2.75, 3.05) is 11.1 Å². The Labute approximate surface area is 164 Å². The zero-order valence-corrected chi connectivity index (χ0v) is 14.8. The van der Waals surface area contributed by atoms with Crippen LogP contribution in [0.5, 0.6) is 0 Å². The van der Waals surface area contributed by atoms with Crippen molar-refractivity contribution in [3.8, 4) is 0 Å². The average Bonchev–Trinajstić information content (AvgIpc) is 2.71. The largest absolute Gasteiger partial charge is 0.398 e. The first-order valence-electron chi connectivity index (χ1n) is 8.55. The van der Waals surface area contributed by atoms with Crippen molar-refractivity contribution >= 4 is 34.5 Å². The van der Waals surface area contributed by atoms with Crippen LogP contribution in [0.3, 0.4) is 0 Å². The molecule has 29 heavy (non-hydrogen) atoms. The lowest BCUT2D eigenvalue weighted by atomic mass is 9.82. The van der Waals surface area contributed by atoms with Crippen LogP contribution >= 0.6 is 0 Å². The van der Waals surface area contributed by atoms with Crippen LogP contribution in [0.1, 0.15) is 42.2 Å². The first-order valence-corrected chi connectivity index (χ1v) is 8.55. The SMILES string of the molecule is Nc1cccc2c1C(=O)c1c(NC(=O)c3cccc([N+](=O)[O-])c3)cccc1C2=O. The molecule has 0 saturated heterocycles. The van der Waals surface area contributed by atoms with Gasteiger partial charge in [0.25, 0.3) is 11.6 Å². The Hall–Kier alpha value is -4.33. The molecule has 0 radical (unpaired) electrons. The van der Waals surface area contributed by atoms with Crippen LogP contribution in [0.15, 0.2) is 60.7 Å². The number of nitro benzene ring substituents is 1. The molecule has 0 spiro atoms. The highest BCUT2D eigenvalue weighted by molar-refractivity contribution is 6.32. The number of benzene rings is 3. The molecule has 0 unspecified atom stereocenters. The highest BCUT2D eigenvalue weighted by Gasteiger charge is 2.33. The van der Waals surface area contributed by atoms with Crippen LogP contribution in [-0.4, -0.2) is 22.4 Å². The lowest BCUT2D eigenvalue weighted by molar-refractivity contribution is -0.384. The van der Waals surface area contributed by atoms with Gasteiger partial charge in [-0.2, -0.15) is 0 Å². The van der Waals surface area contributed by atoms with E-state index in [1.807, 2.05) is 0 Å². The predicted molar refractivity (Wildman–Crippen MR) is 105 cm³/mol. The third-order valence-electron chi connectivity index (χ3n) is 4.67. The molecule has 3 aromatic rings. The Morgan fingerprint density at radius 2 is 1.55 bits per heavy atom.